The summed E-state index contributed by atoms with van der Waals surface area (Å²) in [6, 6.07) is 0.0892. The monoisotopic (exact) mass is 390 g/mol. The van der Waals surface area contributed by atoms with Crippen molar-refractivity contribution in [2.75, 3.05) is 13.2 Å². The van der Waals surface area contributed by atoms with E-state index >= 15 is 0 Å². The van der Waals surface area contributed by atoms with E-state index in [2.05, 4.69) is 10.3 Å². The van der Waals surface area contributed by atoms with Crippen molar-refractivity contribution in [1.82, 2.24) is 10.3 Å². The molecule has 2 N–H and O–H groups in total. The summed E-state index contributed by atoms with van der Waals surface area (Å²) in [5.41, 5.74) is 1.52. The van der Waals surface area contributed by atoms with Crippen molar-refractivity contribution in [3.05, 3.63) is 22.5 Å². The highest BCUT2D eigenvalue weighted by atomic mass is 16.5. The maximum absolute atomic E-state index is 12.4. The molecule has 3 rings (SSSR count). The van der Waals surface area contributed by atoms with Crippen LogP contribution in [0.5, 0.6) is 0 Å². The number of aromatic amines is 1. The number of rotatable bonds is 7. The summed E-state index contributed by atoms with van der Waals surface area (Å²) in [7, 11) is 0. The second-order valence-electron chi connectivity index (χ2n) is 8.12. The number of fused-ring (bicyclic) bond motifs is 2. The van der Waals surface area contributed by atoms with Crippen LogP contribution in [-0.2, 0) is 14.3 Å². The number of carbonyl (C=O) groups excluding carboxylic acids is 3. The molecule has 7 nitrogen and oxygen atoms in total. The van der Waals surface area contributed by atoms with Crippen molar-refractivity contribution in [2.45, 2.75) is 59.4 Å². The molecule has 154 valence electrons. The third-order valence-electron chi connectivity index (χ3n) is 6.28. The van der Waals surface area contributed by atoms with Gasteiger partial charge in [-0.3, -0.25) is 4.79 Å². The van der Waals surface area contributed by atoms with Gasteiger partial charge in [-0.05, 0) is 70.3 Å². The number of amides is 1. The zero-order chi connectivity index (χ0) is 20.4. The van der Waals surface area contributed by atoms with Crippen LogP contribution >= 0.6 is 0 Å². The average molecular weight is 390 g/mol. The average Bonchev–Trinajstić information content (AvgIpc) is 3.34. The van der Waals surface area contributed by atoms with Gasteiger partial charge in [-0.2, -0.15) is 0 Å². The Bertz CT molecular complexity index is 769. The van der Waals surface area contributed by atoms with E-state index in [0.717, 1.165) is 5.92 Å². The fraction of sp³-hybridized carbons (Fsp3) is 0.667. The van der Waals surface area contributed by atoms with E-state index < -0.39 is 11.9 Å². The highest BCUT2D eigenvalue weighted by Crippen LogP contribution is 2.49. The fourth-order valence-corrected chi connectivity index (χ4v) is 4.98. The van der Waals surface area contributed by atoms with Crippen LogP contribution in [0.3, 0.4) is 0 Å². The molecule has 2 aliphatic carbocycles. The zero-order valence-corrected chi connectivity index (χ0v) is 17.1. The molecule has 0 saturated heterocycles. The molecule has 2 saturated carbocycles. The van der Waals surface area contributed by atoms with Gasteiger partial charge in [0.05, 0.1) is 12.2 Å². The Kier molecular flexibility index (Phi) is 6.10. The van der Waals surface area contributed by atoms with Crippen LogP contribution in [0.1, 0.15) is 71.6 Å². The van der Waals surface area contributed by atoms with Crippen molar-refractivity contribution in [3.8, 4) is 0 Å². The lowest BCUT2D eigenvalue weighted by Crippen LogP contribution is -2.42. The molecule has 0 aromatic carbocycles. The molecule has 0 aliphatic heterocycles. The Balaban J connectivity index is 1.53. The molecule has 0 spiro atoms. The first-order valence-electron chi connectivity index (χ1n) is 10.1. The molecule has 4 atom stereocenters. The minimum Gasteiger partial charge on any atom is -0.462 e. The van der Waals surface area contributed by atoms with E-state index in [0.29, 0.717) is 28.7 Å². The lowest BCUT2D eigenvalue weighted by Gasteiger charge is -2.28. The number of esters is 2. The molecule has 1 aromatic rings. The van der Waals surface area contributed by atoms with Gasteiger partial charge in [-0.25, -0.2) is 9.59 Å². The van der Waals surface area contributed by atoms with Crippen molar-refractivity contribution in [2.24, 2.45) is 17.8 Å². The summed E-state index contributed by atoms with van der Waals surface area (Å²) in [6.07, 6.45) is 5.05. The highest BCUT2D eigenvalue weighted by molar-refractivity contribution is 5.99. The topological polar surface area (TPSA) is 97.5 Å². The zero-order valence-electron chi connectivity index (χ0n) is 17.1. The third kappa shape index (κ3) is 4.08. The Morgan fingerprint density at radius 3 is 2.50 bits per heavy atom. The molecule has 2 bridgehead atoms. The number of nitrogens with one attached hydrogen (secondary N) is 2. The number of hydrogen-bond acceptors (Lipinski definition) is 5. The normalized spacial score (nSPS) is 24.1. The quantitative estimate of drug-likeness (QED) is 0.698. The van der Waals surface area contributed by atoms with Gasteiger partial charge in [-0.15, -0.1) is 0 Å². The number of aryl methyl sites for hydroxylation is 1. The minimum absolute atomic E-state index is 0.0892. The Morgan fingerprint density at radius 2 is 1.89 bits per heavy atom. The Morgan fingerprint density at radius 1 is 1.14 bits per heavy atom. The van der Waals surface area contributed by atoms with Gasteiger partial charge >= 0.3 is 11.9 Å². The first kappa shape index (κ1) is 20.4. The summed E-state index contributed by atoms with van der Waals surface area (Å²) >= 11 is 0. The van der Waals surface area contributed by atoms with Gasteiger partial charge in [-0.1, -0.05) is 6.42 Å². The van der Waals surface area contributed by atoms with Crippen LogP contribution in [0.2, 0.25) is 0 Å². The molecule has 1 aromatic heterocycles. The lowest BCUT2D eigenvalue weighted by atomic mass is 9.84. The van der Waals surface area contributed by atoms with Crippen LogP contribution in [0.15, 0.2) is 0 Å². The molecule has 4 unspecified atom stereocenters. The van der Waals surface area contributed by atoms with Crippen molar-refractivity contribution in [3.63, 3.8) is 0 Å². The highest BCUT2D eigenvalue weighted by Gasteiger charge is 2.42. The van der Waals surface area contributed by atoms with E-state index in [9.17, 15) is 14.4 Å². The van der Waals surface area contributed by atoms with Gasteiger partial charge in [0.2, 0.25) is 0 Å². The first-order valence-corrected chi connectivity index (χ1v) is 10.1. The fourth-order valence-electron chi connectivity index (χ4n) is 4.98. The first-order chi connectivity index (χ1) is 13.3. The number of carbonyl (C=O) groups is 3. The van der Waals surface area contributed by atoms with Gasteiger partial charge in [0, 0.05) is 11.7 Å². The third-order valence-corrected chi connectivity index (χ3v) is 6.28. The predicted molar refractivity (Wildman–Crippen MR) is 103 cm³/mol. The van der Waals surface area contributed by atoms with Crippen molar-refractivity contribution < 1.29 is 23.9 Å². The molecule has 2 fully saturated rings. The standard InChI is InChI=1S/C21H30N2O5/c1-5-27-20(25)18-11(2)19(23-13(18)4)21(26)28-10-17(24)22-12(3)16-9-14-6-7-15(16)8-14/h12,14-16,23H,5-10H2,1-4H3,(H,22,24). The molecule has 1 heterocycles. The number of aromatic nitrogens is 1. The van der Waals surface area contributed by atoms with Gasteiger partial charge < -0.3 is 19.8 Å². The minimum atomic E-state index is -0.654. The Hall–Kier alpha value is -2.31. The number of ether oxygens (including phenoxy) is 2. The summed E-state index contributed by atoms with van der Waals surface area (Å²) in [4.78, 5) is 39.5. The molecule has 1 amide bonds. The van der Waals surface area contributed by atoms with E-state index in [1.165, 1.54) is 25.7 Å². The SMILES string of the molecule is CCOC(=O)c1c(C)[nH]c(C(=O)OCC(=O)NC(C)C2CC3CCC2C3)c1C. The maximum Gasteiger partial charge on any atom is 0.355 e. The second-order valence-corrected chi connectivity index (χ2v) is 8.12. The van der Waals surface area contributed by atoms with Crippen LogP contribution < -0.4 is 5.32 Å². The van der Waals surface area contributed by atoms with Crippen LogP contribution in [0.25, 0.3) is 0 Å². The maximum atomic E-state index is 12.4. The van der Waals surface area contributed by atoms with Crippen LogP contribution in [-0.4, -0.2) is 42.1 Å². The van der Waals surface area contributed by atoms with Crippen molar-refractivity contribution >= 4 is 17.8 Å². The molecule has 7 heteroatoms. The van der Waals surface area contributed by atoms with Gasteiger partial charge in [0.1, 0.15) is 5.69 Å². The number of H-pyrrole nitrogens is 1. The molecule has 0 radical (unpaired) electrons. The van der Waals surface area contributed by atoms with E-state index in [1.54, 1.807) is 20.8 Å². The predicted octanol–water partition coefficient (Wildman–Crippen LogP) is 2.91. The smallest absolute Gasteiger partial charge is 0.355 e. The van der Waals surface area contributed by atoms with Crippen LogP contribution in [0, 0.1) is 31.6 Å². The second kappa shape index (κ2) is 8.37. The van der Waals surface area contributed by atoms with Crippen LogP contribution in [0.4, 0.5) is 0 Å². The molecular weight excluding hydrogens is 360 g/mol. The summed E-state index contributed by atoms with van der Waals surface area (Å²) in [6.45, 7) is 7.03. The largest absolute Gasteiger partial charge is 0.462 e. The molecule has 2 aliphatic rings. The van der Waals surface area contributed by atoms with Gasteiger partial charge in [0.25, 0.3) is 5.91 Å². The summed E-state index contributed by atoms with van der Waals surface area (Å²) < 4.78 is 10.2. The summed E-state index contributed by atoms with van der Waals surface area (Å²) in [5.74, 6) is 0.631. The van der Waals surface area contributed by atoms with E-state index in [1.807, 2.05) is 6.92 Å². The number of hydrogen-bond donors (Lipinski definition) is 2. The molecular formula is C21H30N2O5. The Labute approximate surface area is 165 Å². The lowest BCUT2D eigenvalue weighted by molar-refractivity contribution is -0.125. The van der Waals surface area contributed by atoms with E-state index in [4.69, 9.17) is 9.47 Å². The molecule has 28 heavy (non-hydrogen) atoms. The van der Waals surface area contributed by atoms with Gasteiger partial charge in [0.15, 0.2) is 6.61 Å². The summed E-state index contributed by atoms with van der Waals surface area (Å²) in [5, 5.41) is 2.98. The van der Waals surface area contributed by atoms with E-state index in [-0.39, 0.29) is 30.9 Å². The van der Waals surface area contributed by atoms with Crippen molar-refractivity contribution in [1.29, 1.82) is 0 Å².